The Balaban J connectivity index is 1.78. The molecule has 0 bridgehead atoms. The van der Waals surface area contributed by atoms with Gasteiger partial charge in [-0.2, -0.15) is 5.26 Å². The molecule has 0 unspecified atom stereocenters. The highest BCUT2D eigenvalue weighted by Gasteiger charge is 2.25. The predicted octanol–water partition coefficient (Wildman–Crippen LogP) is 2.63. The van der Waals surface area contributed by atoms with Gasteiger partial charge in [0.05, 0.1) is 37.3 Å². The summed E-state index contributed by atoms with van der Waals surface area (Å²) in [5.41, 5.74) is 0.592. The van der Waals surface area contributed by atoms with Crippen LogP contribution in [0.3, 0.4) is 0 Å². The fourth-order valence-corrected chi connectivity index (χ4v) is 4.67. The van der Waals surface area contributed by atoms with E-state index in [-0.39, 0.29) is 29.5 Å². The molecule has 0 spiro atoms. The number of nitrogens with one attached hydrogen (secondary N) is 2. The van der Waals surface area contributed by atoms with E-state index >= 15 is 0 Å². The number of aromatic amines is 1. The maximum atomic E-state index is 13.5. The lowest BCUT2D eigenvalue weighted by molar-refractivity contribution is 0.391. The van der Waals surface area contributed by atoms with Gasteiger partial charge in [-0.1, -0.05) is 18.2 Å². The first-order chi connectivity index (χ1) is 17.8. The Morgan fingerprint density at radius 1 is 1.08 bits per heavy atom. The molecule has 0 saturated carbocycles. The molecule has 2 aromatic heterocycles. The van der Waals surface area contributed by atoms with Crippen molar-refractivity contribution >= 4 is 16.0 Å². The molecule has 11 nitrogen and oxygen atoms in total. The highest BCUT2D eigenvalue weighted by Crippen LogP contribution is 2.37. The smallest absolute Gasteiger partial charge is 0.248 e. The van der Waals surface area contributed by atoms with Gasteiger partial charge in [0, 0.05) is 6.07 Å². The zero-order chi connectivity index (χ0) is 26.6. The average Bonchev–Trinajstić information content (AvgIpc) is 3.29. The summed E-state index contributed by atoms with van der Waals surface area (Å²) in [4.78, 5) is 14.6. The fraction of sp³-hybridized carbons (Fsp3) is 0.167. The van der Waals surface area contributed by atoms with Crippen molar-refractivity contribution in [1.29, 1.82) is 5.26 Å². The van der Waals surface area contributed by atoms with Gasteiger partial charge in [-0.05, 0) is 42.3 Å². The van der Waals surface area contributed by atoms with Crippen molar-refractivity contribution in [1.82, 2.24) is 19.7 Å². The number of ether oxygens (including phenoxy) is 2. The number of anilines is 1. The Morgan fingerprint density at radius 3 is 2.43 bits per heavy atom. The van der Waals surface area contributed by atoms with E-state index in [9.17, 15) is 22.9 Å². The van der Waals surface area contributed by atoms with Gasteiger partial charge in [0.1, 0.15) is 23.0 Å². The fourth-order valence-electron chi connectivity index (χ4n) is 3.67. The minimum Gasteiger partial charge on any atom is -0.494 e. The number of methoxy groups -OCH3 is 2. The number of rotatable bonds is 9. The molecule has 0 aliphatic heterocycles. The van der Waals surface area contributed by atoms with Crippen LogP contribution in [0.1, 0.15) is 11.1 Å². The van der Waals surface area contributed by atoms with Crippen LogP contribution in [0.25, 0.3) is 17.2 Å². The van der Waals surface area contributed by atoms with E-state index < -0.39 is 27.2 Å². The molecule has 0 saturated heterocycles. The molecule has 0 atom stereocenters. The number of benzene rings is 2. The van der Waals surface area contributed by atoms with Crippen LogP contribution >= 0.6 is 0 Å². The number of nitriles is 1. The Kier molecular flexibility index (Phi) is 7.21. The van der Waals surface area contributed by atoms with Gasteiger partial charge in [-0.3, -0.25) is 14.1 Å². The van der Waals surface area contributed by atoms with Crippen molar-refractivity contribution in [3.63, 3.8) is 0 Å². The lowest BCUT2D eigenvalue weighted by atomic mass is 10.1. The lowest BCUT2D eigenvalue weighted by Gasteiger charge is -2.17. The van der Waals surface area contributed by atoms with E-state index in [4.69, 9.17) is 9.47 Å². The van der Waals surface area contributed by atoms with Crippen molar-refractivity contribution in [2.24, 2.45) is 0 Å². The largest absolute Gasteiger partial charge is 0.494 e. The Hall–Kier alpha value is -4.70. The molecule has 37 heavy (non-hydrogen) atoms. The molecule has 0 fully saturated rings. The molecule has 2 N–H and O–H groups in total. The summed E-state index contributed by atoms with van der Waals surface area (Å²) in [6.07, 6.45) is -0.0521. The van der Waals surface area contributed by atoms with Crippen molar-refractivity contribution in [3.05, 3.63) is 81.9 Å². The summed E-state index contributed by atoms with van der Waals surface area (Å²) < 4.78 is 54.3. The molecule has 2 aromatic carbocycles. The summed E-state index contributed by atoms with van der Waals surface area (Å²) in [6.45, 7) is 0. The minimum atomic E-state index is -4.04. The second-order valence-electron chi connectivity index (χ2n) is 7.71. The van der Waals surface area contributed by atoms with Crippen LogP contribution < -0.4 is 19.8 Å². The highest BCUT2D eigenvalue weighted by molar-refractivity contribution is 7.92. The van der Waals surface area contributed by atoms with Crippen LogP contribution in [0, 0.1) is 17.1 Å². The number of aryl methyl sites for hydroxylation is 1. The topological polar surface area (TPSA) is 152 Å². The third-order valence-corrected chi connectivity index (χ3v) is 6.61. The van der Waals surface area contributed by atoms with Crippen LogP contribution in [0.15, 0.2) is 59.4 Å². The number of pyridine rings is 1. The van der Waals surface area contributed by atoms with E-state index in [0.717, 1.165) is 12.1 Å². The van der Waals surface area contributed by atoms with Gasteiger partial charge >= 0.3 is 0 Å². The normalized spacial score (nSPS) is 11.1. The molecule has 2 heterocycles. The van der Waals surface area contributed by atoms with Crippen LogP contribution in [-0.2, 0) is 16.4 Å². The second-order valence-corrected chi connectivity index (χ2v) is 9.55. The zero-order valence-corrected chi connectivity index (χ0v) is 20.5. The Morgan fingerprint density at radius 2 is 1.78 bits per heavy atom. The second kappa shape index (κ2) is 10.5. The van der Waals surface area contributed by atoms with E-state index in [1.54, 1.807) is 24.3 Å². The summed E-state index contributed by atoms with van der Waals surface area (Å²) >= 11 is 0. The van der Waals surface area contributed by atoms with Crippen molar-refractivity contribution in [2.75, 3.05) is 24.7 Å². The van der Waals surface area contributed by atoms with Gasteiger partial charge < -0.3 is 14.5 Å². The molecule has 0 radical (unpaired) electrons. The number of hydrogen-bond acceptors (Lipinski definition) is 8. The Bertz CT molecular complexity index is 1640. The van der Waals surface area contributed by atoms with Crippen LogP contribution in [0.4, 0.5) is 10.3 Å². The summed E-state index contributed by atoms with van der Waals surface area (Å²) in [6, 6.07) is 14.8. The van der Waals surface area contributed by atoms with Crippen molar-refractivity contribution in [2.45, 2.75) is 6.42 Å². The van der Waals surface area contributed by atoms with Gasteiger partial charge in [-0.25, -0.2) is 12.8 Å². The SMILES string of the molecule is COc1cccc(OC)c1-n1c(NS(=O)(=O)CCc2ccc(F)cc2C#N)nnc1-c1cccc(=O)[nH]1. The average molecular weight is 525 g/mol. The number of aromatic nitrogens is 4. The molecule has 0 amide bonds. The number of halogens is 1. The Labute approximate surface area is 211 Å². The molecule has 13 heteroatoms. The number of nitrogens with zero attached hydrogens (tertiary/aromatic N) is 4. The number of para-hydroxylation sites is 1. The van der Waals surface area contributed by atoms with Gasteiger partial charge in [0.25, 0.3) is 0 Å². The van der Waals surface area contributed by atoms with Gasteiger partial charge in [0.15, 0.2) is 5.82 Å². The zero-order valence-electron chi connectivity index (χ0n) is 19.7. The van der Waals surface area contributed by atoms with Gasteiger partial charge in [-0.15, -0.1) is 10.2 Å². The van der Waals surface area contributed by atoms with E-state index in [2.05, 4.69) is 19.9 Å². The first-order valence-electron chi connectivity index (χ1n) is 10.8. The molecule has 190 valence electrons. The van der Waals surface area contributed by atoms with E-state index in [1.165, 1.54) is 37.0 Å². The van der Waals surface area contributed by atoms with Gasteiger partial charge in [0.2, 0.25) is 21.5 Å². The maximum absolute atomic E-state index is 13.5. The molecule has 0 aliphatic rings. The lowest BCUT2D eigenvalue weighted by Crippen LogP contribution is -2.21. The third-order valence-electron chi connectivity index (χ3n) is 5.38. The first kappa shape index (κ1) is 25.4. The molecule has 4 rings (SSSR count). The van der Waals surface area contributed by atoms with Crippen LogP contribution in [0.2, 0.25) is 0 Å². The number of hydrogen-bond donors (Lipinski definition) is 2. The highest BCUT2D eigenvalue weighted by atomic mass is 32.2. The molecular weight excluding hydrogens is 503 g/mol. The predicted molar refractivity (Wildman–Crippen MR) is 133 cm³/mol. The minimum absolute atomic E-state index is 0.0486. The maximum Gasteiger partial charge on any atom is 0.248 e. The van der Waals surface area contributed by atoms with Crippen molar-refractivity contribution < 1.29 is 22.3 Å². The van der Waals surface area contributed by atoms with Crippen LogP contribution in [0.5, 0.6) is 11.5 Å². The monoisotopic (exact) mass is 524 g/mol. The molecule has 4 aromatic rings. The molecular formula is C24H21FN6O5S. The van der Waals surface area contributed by atoms with Crippen LogP contribution in [-0.4, -0.2) is 48.1 Å². The summed E-state index contributed by atoms with van der Waals surface area (Å²) in [5, 5.41) is 17.4. The van der Waals surface area contributed by atoms with E-state index in [0.29, 0.717) is 22.7 Å². The number of H-pyrrole nitrogens is 1. The first-order valence-corrected chi connectivity index (χ1v) is 12.5. The summed E-state index contributed by atoms with van der Waals surface area (Å²) in [5.74, 6) is -0.453. The quantitative estimate of drug-likeness (QED) is 0.339. The van der Waals surface area contributed by atoms with Crippen molar-refractivity contribution in [3.8, 4) is 34.8 Å². The number of sulfonamides is 1. The summed E-state index contributed by atoms with van der Waals surface area (Å²) in [7, 11) is -1.17. The standard InChI is InChI=1S/C24H21FN6O5S/c1-35-19-6-4-7-20(36-2)22(19)31-23(18-5-3-8-21(32)27-18)28-29-24(31)30-37(33,34)12-11-15-9-10-17(25)13-16(15)14-26/h3-10,13H,11-12H2,1-2H3,(H,27,32)(H,29,30). The van der Waals surface area contributed by atoms with E-state index in [1.807, 2.05) is 6.07 Å². The molecule has 0 aliphatic carbocycles. The third kappa shape index (κ3) is 5.44.